The molecule has 36 heavy (non-hydrogen) atoms. The molecule has 0 amide bonds. The first-order valence-corrected chi connectivity index (χ1v) is 13.9. The van der Waals surface area contributed by atoms with Gasteiger partial charge in [0.15, 0.2) is 18.0 Å². The summed E-state index contributed by atoms with van der Waals surface area (Å²) in [6.45, 7) is 13.3. The molecular weight excluding hydrogens is 456 g/mol. The monoisotopic (exact) mass is 500 g/mol. The van der Waals surface area contributed by atoms with Crippen LogP contribution in [0.15, 0.2) is 11.6 Å². The smallest absolute Gasteiger partial charge is 0.312 e. The summed E-state index contributed by atoms with van der Waals surface area (Å²) in [5.74, 6) is 0.289. The first kappa shape index (κ1) is 27.1. The Bertz CT molecular complexity index is 988. The van der Waals surface area contributed by atoms with Crippen molar-refractivity contribution in [3.8, 4) is 0 Å². The van der Waals surface area contributed by atoms with Crippen molar-refractivity contribution in [1.82, 2.24) is 0 Å². The molecule has 4 aliphatic carbocycles. The lowest BCUT2D eigenvalue weighted by molar-refractivity contribution is -0.198. The first-order chi connectivity index (χ1) is 16.7. The molecule has 6 heteroatoms. The zero-order valence-electron chi connectivity index (χ0n) is 23.2. The largest absolute Gasteiger partial charge is 0.457 e. The lowest BCUT2D eigenvalue weighted by atomic mass is 9.45. The molecular formula is C30H44O6. The second-order valence-electron chi connectivity index (χ2n) is 13.4. The van der Waals surface area contributed by atoms with E-state index in [1.807, 2.05) is 13.0 Å². The van der Waals surface area contributed by atoms with Crippen LogP contribution in [-0.4, -0.2) is 35.7 Å². The number of rotatable bonds is 5. The molecule has 4 rings (SSSR count). The standard InChI is InChI=1S/C30H44O6/c1-8-25(33)35-17-24(32)30(36-26(34)27(3,4)5)14-12-22-20-10-9-19-15-23(31)18(2)16-28(19,6)21(20)11-13-29(22,30)7/h15,18,20-22H,8-14,16-17H2,1-7H3/t18?,20-,21+,22+,28+,29+,30+/m1/s1. The van der Waals surface area contributed by atoms with Crippen LogP contribution in [0, 0.1) is 39.9 Å². The van der Waals surface area contributed by atoms with Gasteiger partial charge in [-0.2, -0.15) is 0 Å². The molecule has 0 aromatic heterocycles. The van der Waals surface area contributed by atoms with Crippen molar-refractivity contribution in [2.75, 3.05) is 6.61 Å². The van der Waals surface area contributed by atoms with Crippen LogP contribution in [0.1, 0.15) is 99.8 Å². The number of esters is 2. The molecule has 1 unspecified atom stereocenters. The van der Waals surface area contributed by atoms with Crippen molar-refractivity contribution in [1.29, 1.82) is 0 Å². The number of hydrogen-bond acceptors (Lipinski definition) is 6. The minimum absolute atomic E-state index is 0.00553. The fraction of sp³-hybridized carbons (Fsp3) is 0.800. The van der Waals surface area contributed by atoms with Crippen LogP contribution in [0.25, 0.3) is 0 Å². The Balaban J connectivity index is 1.69. The summed E-state index contributed by atoms with van der Waals surface area (Å²) < 4.78 is 11.5. The Morgan fingerprint density at radius 2 is 1.72 bits per heavy atom. The highest BCUT2D eigenvalue weighted by atomic mass is 16.6. The molecule has 0 spiro atoms. The lowest BCUT2D eigenvalue weighted by Crippen LogP contribution is -2.60. The van der Waals surface area contributed by atoms with Gasteiger partial charge in [0.05, 0.1) is 5.41 Å². The Morgan fingerprint density at radius 3 is 2.36 bits per heavy atom. The van der Waals surface area contributed by atoms with E-state index in [-0.39, 0.29) is 47.8 Å². The van der Waals surface area contributed by atoms with Gasteiger partial charge in [-0.25, -0.2) is 0 Å². The van der Waals surface area contributed by atoms with Gasteiger partial charge in [0.25, 0.3) is 0 Å². The highest BCUT2D eigenvalue weighted by Gasteiger charge is 2.69. The van der Waals surface area contributed by atoms with E-state index in [9.17, 15) is 19.2 Å². The third kappa shape index (κ3) is 4.07. The number of Topliss-reactive ketones (excluding diaryl/α,β-unsaturated/α-hetero) is 1. The normalized spacial score (nSPS) is 39.9. The quantitative estimate of drug-likeness (QED) is 0.456. The van der Waals surface area contributed by atoms with E-state index in [1.165, 1.54) is 5.57 Å². The van der Waals surface area contributed by atoms with Crippen LogP contribution in [0.3, 0.4) is 0 Å². The predicted octanol–water partition coefficient (Wildman–Crippen LogP) is 5.61. The van der Waals surface area contributed by atoms with E-state index in [2.05, 4.69) is 13.8 Å². The molecule has 6 nitrogen and oxygen atoms in total. The summed E-state index contributed by atoms with van der Waals surface area (Å²) in [6.07, 6.45) is 7.91. The maximum absolute atomic E-state index is 13.8. The zero-order chi connectivity index (χ0) is 26.7. The van der Waals surface area contributed by atoms with Crippen molar-refractivity contribution in [2.45, 2.75) is 105 Å². The minimum atomic E-state index is -1.28. The van der Waals surface area contributed by atoms with E-state index in [4.69, 9.17) is 9.47 Å². The van der Waals surface area contributed by atoms with Gasteiger partial charge in [0.2, 0.25) is 5.78 Å². The van der Waals surface area contributed by atoms with Gasteiger partial charge in [-0.1, -0.05) is 33.3 Å². The summed E-state index contributed by atoms with van der Waals surface area (Å²) in [4.78, 5) is 51.4. The molecule has 3 saturated carbocycles. The topological polar surface area (TPSA) is 86.7 Å². The number of hydrogen-bond donors (Lipinski definition) is 0. The highest BCUT2D eigenvalue weighted by Crippen LogP contribution is 2.68. The van der Waals surface area contributed by atoms with Gasteiger partial charge in [0.1, 0.15) is 0 Å². The lowest BCUT2D eigenvalue weighted by Gasteiger charge is -2.59. The fourth-order valence-electron chi connectivity index (χ4n) is 8.25. The van der Waals surface area contributed by atoms with Gasteiger partial charge < -0.3 is 9.47 Å². The molecule has 0 heterocycles. The van der Waals surface area contributed by atoms with E-state index in [1.54, 1.807) is 27.7 Å². The van der Waals surface area contributed by atoms with Crippen molar-refractivity contribution in [3.63, 3.8) is 0 Å². The third-order valence-electron chi connectivity index (χ3n) is 10.4. The average Bonchev–Trinajstić information content (AvgIpc) is 3.10. The molecule has 4 aliphatic rings. The summed E-state index contributed by atoms with van der Waals surface area (Å²) in [7, 11) is 0. The van der Waals surface area contributed by atoms with E-state index in [0.717, 1.165) is 38.5 Å². The van der Waals surface area contributed by atoms with Crippen molar-refractivity contribution in [2.24, 2.45) is 39.9 Å². The average molecular weight is 501 g/mol. The highest BCUT2D eigenvalue weighted by molar-refractivity contribution is 5.94. The molecule has 0 saturated heterocycles. The second kappa shape index (κ2) is 9.09. The Kier molecular flexibility index (Phi) is 6.84. The molecule has 7 atom stereocenters. The number of fused-ring (bicyclic) bond motifs is 5. The minimum Gasteiger partial charge on any atom is -0.457 e. The number of carbonyl (C=O) groups is 4. The van der Waals surface area contributed by atoms with E-state index in [0.29, 0.717) is 18.3 Å². The van der Waals surface area contributed by atoms with Crippen LogP contribution in [0.5, 0.6) is 0 Å². The van der Waals surface area contributed by atoms with E-state index < -0.39 is 22.4 Å². The fourth-order valence-corrected chi connectivity index (χ4v) is 8.25. The number of ketones is 2. The number of ether oxygens (including phenoxy) is 2. The SMILES string of the molecule is CCC(=O)OCC(=O)[C@@]1(OC(=O)C(C)(C)C)CC[C@H]2[C@@H]3CCC4=CC(=O)C(C)C[C@]4(C)[C@H]3CC[C@@]21C. The number of carbonyl (C=O) groups excluding carboxylic acids is 4. The van der Waals surface area contributed by atoms with Crippen molar-refractivity contribution in [3.05, 3.63) is 11.6 Å². The summed E-state index contributed by atoms with van der Waals surface area (Å²) in [6, 6.07) is 0. The first-order valence-electron chi connectivity index (χ1n) is 13.9. The van der Waals surface area contributed by atoms with Crippen LogP contribution in [-0.2, 0) is 28.7 Å². The maximum Gasteiger partial charge on any atom is 0.312 e. The molecule has 0 aromatic carbocycles. The van der Waals surface area contributed by atoms with Gasteiger partial charge in [-0.3, -0.25) is 19.2 Å². The Labute approximate surface area is 215 Å². The van der Waals surface area contributed by atoms with Crippen molar-refractivity contribution >= 4 is 23.5 Å². The Hall–Kier alpha value is -1.98. The van der Waals surface area contributed by atoms with E-state index >= 15 is 0 Å². The van der Waals surface area contributed by atoms with Gasteiger partial charge in [0, 0.05) is 17.8 Å². The maximum atomic E-state index is 13.8. The van der Waals surface area contributed by atoms with Crippen LogP contribution in [0.4, 0.5) is 0 Å². The zero-order valence-corrected chi connectivity index (χ0v) is 23.2. The van der Waals surface area contributed by atoms with Crippen molar-refractivity contribution < 1.29 is 28.7 Å². The summed E-state index contributed by atoms with van der Waals surface area (Å²) in [5, 5.41) is 0. The van der Waals surface area contributed by atoms with Crippen LogP contribution in [0.2, 0.25) is 0 Å². The summed E-state index contributed by atoms with van der Waals surface area (Å²) in [5.41, 5.74) is -1.24. The molecule has 0 N–H and O–H groups in total. The summed E-state index contributed by atoms with van der Waals surface area (Å²) >= 11 is 0. The second-order valence-corrected chi connectivity index (χ2v) is 13.4. The molecule has 3 fully saturated rings. The molecule has 0 bridgehead atoms. The van der Waals surface area contributed by atoms with Gasteiger partial charge >= 0.3 is 11.9 Å². The molecule has 0 aromatic rings. The molecule has 200 valence electrons. The predicted molar refractivity (Wildman–Crippen MR) is 136 cm³/mol. The molecule has 0 radical (unpaired) electrons. The van der Waals surface area contributed by atoms with Gasteiger partial charge in [-0.15, -0.1) is 0 Å². The van der Waals surface area contributed by atoms with Crippen LogP contribution < -0.4 is 0 Å². The van der Waals surface area contributed by atoms with Crippen LogP contribution >= 0.6 is 0 Å². The number of allylic oxidation sites excluding steroid dienone is 1. The third-order valence-corrected chi connectivity index (χ3v) is 10.4. The van der Waals surface area contributed by atoms with Gasteiger partial charge in [-0.05, 0) is 95.0 Å². The molecule has 0 aliphatic heterocycles. The Morgan fingerprint density at radius 1 is 1.06 bits per heavy atom.